The second kappa shape index (κ2) is 11.5. The molecular formula is C26H36F2N4O3S. The molecule has 1 saturated carbocycles. The third-order valence-electron chi connectivity index (χ3n) is 7.79. The number of hydrogen-bond acceptors (Lipinski definition) is 4. The van der Waals surface area contributed by atoms with E-state index in [0.717, 1.165) is 48.3 Å². The maximum Gasteiger partial charge on any atom is 0.253 e. The summed E-state index contributed by atoms with van der Waals surface area (Å²) in [6.07, 6.45) is 2.49. The number of halogens is 2. The zero-order valence-corrected chi connectivity index (χ0v) is 21.8. The Morgan fingerprint density at radius 1 is 1.25 bits per heavy atom. The van der Waals surface area contributed by atoms with Gasteiger partial charge in [-0.25, -0.2) is 17.3 Å². The minimum absolute atomic E-state index is 0.0373. The largest absolute Gasteiger partial charge is 0.326 e. The summed E-state index contributed by atoms with van der Waals surface area (Å²) in [4.78, 5) is 29.0. The number of amidine groups is 1. The second-order valence-electron chi connectivity index (χ2n) is 10.4. The molecule has 2 amide bonds. The highest BCUT2D eigenvalue weighted by molar-refractivity contribution is 7.82. The number of aryl methyl sites for hydroxylation is 2. The fraction of sp³-hybridized carbons (Fsp3) is 0.654. The molecule has 2 N–H and O–H groups in total. The van der Waals surface area contributed by atoms with Gasteiger partial charge in [-0.05, 0) is 81.0 Å². The van der Waals surface area contributed by atoms with E-state index >= 15 is 0 Å². The number of anilines is 1. The van der Waals surface area contributed by atoms with Crippen molar-refractivity contribution in [3.63, 3.8) is 0 Å². The normalized spacial score (nSPS) is 25.0. The predicted octanol–water partition coefficient (Wildman–Crippen LogP) is 3.98. The second-order valence-corrected chi connectivity index (χ2v) is 11.9. The van der Waals surface area contributed by atoms with Crippen molar-refractivity contribution in [1.82, 2.24) is 9.62 Å². The van der Waals surface area contributed by atoms with Crippen molar-refractivity contribution in [2.24, 2.45) is 16.8 Å². The lowest BCUT2D eigenvalue weighted by Gasteiger charge is -2.34. The molecule has 1 spiro atoms. The van der Waals surface area contributed by atoms with E-state index < -0.39 is 22.9 Å². The summed E-state index contributed by atoms with van der Waals surface area (Å²) in [6, 6.07) is 5.74. The molecule has 1 aliphatic carbocycles. The number of amides is 2. The van der Waals surface area contributed by atoms with Crippen molar-refractivity contribution in [2.45, 2.75) is 77.2 Å². The Morgan fingerprint density at radius 3 is 2.56 bits per heavy atom. The van der Waals surface area contributed by atoms with Crippen LogP contribution in [0, 0.1) is 18.8 Å². The summed E-state index contributed by atoms with van der Waals surface area (Å²) >= 11 is 0. The average molecular weight is 523 g/mol. The molecule has 2 aliphatic heterocycles. The van der Waals surface area contributed by atoms with Crippen LogP contribution < -0.4 is 10.6 Å². The van der Waals surface area contributed by atoms with Gasteiger partial charge in [0.1, 0.15) is 11.4 Å². The van der Waals surface area contributed by atoms with Gasteiger partial charge in [0, 0.05) is 43.8 Å². The summed E-state index contributed by atoms with van der Waals surface area (Å²) in [7, 11) is -1.16. The first kappa shape index (κ1) is 26.9. The predicted molar refractivity (Wildman–Crippen MR) is 137 cm³/mol. The standard InChI is InChI=1S/C26H36F2N4O3S/c1-17-15-22(29-18(2)33)8-7-20(17)9-14-36(35)32-12-10-26(11-13-32)25(34)30-24(31-26)21-5-3-19(4-6-21)16-23(27)28/h7-8,15,19,21,23H,3-6,9-14,16H2,1-2H3,(H,29,33)(H,30,31,34). The van der Waals surface area contributed by atoms with Gasteiger partial charge in [0.05, 0.1) is 11.0 Å². The first-order chi connectivity index (χ1) is 17.1. The van der Waals surface area contributed by atoms with Gasteiger partial charge in [0.15, 0.2) is 0 Å². The van der Waals surface area contributed by atoms with E-state index in [9.17, 15) is 22.6 Å². The molecule has 10 heteroatoms. The fourth-order valence-corrected chi connectivity index (χ4v) is 6.88. The zero-order valence-electron chi connectivity index (χ0n) is 21.0. The van der Waals surface area contributed by atoms with Crippen LogP contribution in [-0.4, -0.2) is 57.0 Å². The first-order valence-electron chi connectivity index (χ1n) is 12.8. The molecule has 7 nitrogen and oxygen atoms in total. The van der Waals surface area contributed by atoms with Crippen LogP contribution in [0.2, 0.25) is 0 Å². The summed E-state index contributed by atoms with van der Waals surface area (Å²) in [5, 5.41) is 5.77. The molecule has 1 aromatic rings. The lowest BCUT2D eigenvalue weighted by molar-refractivity contribution is -0.125. The van der Waals surface area contributed by atoms with Crippen molar-refractivity contribution < 1.29 is 22.6 Å². The monoisotopic (exact) mass is 522 g/mol. The third-order valence-corrected chi connectivity index (χ3v) is 9.28. The van der Waals surface area contributed by atoms with E-state index in [1.807, 2.05) is 29.4 Å². The minimum Gasteiger partial charge on any atom is -0.326 e. The Labute approximate surface area is 214 Å². The van der Waals surface area contributed by atoms with Crippen molar-refractivity contribution >= 4 is 34.3 Å². The van der Waals surface area contributed by atoms with Gasteiger partial charge in [-0.1, -0.05) is 6.07 Å². The van der Waals surface area contributed by atoms with Gasteiger partial charge in [-0.3, -0.25) is 14.6 Å². The van der Waals surface area contributed by atoms with Gasteiger partial charge >= 0.3 is 0 Å². The van der Waals surface area contributed by atoms with Gasteiger partial charge in [0.25, 0.3) is 5.91 Å². The average Bonchev–Trinajstić information content (AvgIpc) is 3.14. The minimum atomic E-state index is -2.26. The third kappa shape index (κ3) is 6.37. The van der Waals surface area contributed by atoms with Crippen molar-refractivity contribution in [3.05, 3.63) is 29.3 Å². The molecule has 2 fully saturated rings. The Morgan fingerprint density at radius 2 is 1.94 bits per heavy atom. The molecular weight excluding hydrogens is 486 g/mol. The maximum absolute atomic E-state index is 13.0. The molecule has 0 bridgehead atoms. The molecule has 1 unspecified atom stereocenters. The number of piperidine rings is 1. The lowest BCUT2D eigenvalue weighted by Crippen LogP contribution is -2.49. The van der Waals surface area contributed by atoms with E-state index in [1.165, 1.54) is 6.92 Å². The molecule has 3 aliphatic rings. The van der Waals surface area contributed by atoms with E-state index in [0.29, 0.717) is 38.1 Å². The fourth-order valence-electron chi connectivity index (χ4n) is 5.64. The highest BCUT2D eigenvalue weighted by Gasteiger charge is 2.47. The summed E-state index contributed by atoms with van der Waals surface area (Å²) in [5.74, 6) is 1.22. The summed E-state index contributed by atoms with van der Waals surface area (Å²) in [5.41, 5.74) is 2.11. The van der Waals surface area contributed by atoms with Crippen LogP contribution in [0.4, 0.5) is 14.5 Å². The lowest BCUT2D eigenvalue weighted by atomic mass is 9.80. The number of alkyl halides is 2. The van der Waals surface area contributed by atoms with Gasteiger partial charge in [-0.2, -0.15) is 0 Å². The van der Waals surface area contributed by atoms with Crippen LogP contribution in [0.15, 0.2) is 23.2 Å². The zero-order chi connectivity index (χ0) is 25.9. The number of nitrogens with zero attached hydrogens (tertiary/aromatic N) is 2. The van der Waals surface area contributed by atoms with E-state index in [4.69, 9.17) is 4.99 Å². The number of nitrogens with one attached hydrogen (secondary N) is 2. The SMILES string of the molecule is CC(=O)Nc1ccc(CCS(=O)N2CCC3(CC2)N=C(C2CCC(CC(F)F)CC2)NC3=O)c(C)c1. The molecule has 4 rings (SSSR count). The molecule has 1 saturated heterocycles. The van der Waals surface area contributed by atoms with Gasteiger partial charge < -0.3 is 10.6 Å². The van der Waals surface area contributed by atoms with Gasteiger partial charge in [0.2, 0.25) is 12.3 Å². The first-order valence-corrected chi connectivity index (χ1v) is 14.1. The smallest absolute Gasteiger partial charge is 0.253 e. The number of aliphatic imine (C=N–C) groups is 1. The molecule has 1 atom stereocenters. The van der Waals surface area contributed by atoms with E-state index in [1.54, 1.807) is 0 Å². The van der Waals surface area contributed by atoms with Crippen LogP contribution in [0.25, 0.3) is 0 Å². The highest BCUT2D eigenvalue weighted by atomic mass is 32.2. The Balaban J connectivity index is 1.28. The van der Waals surface area contributed by atoms with Crippen LogP contribution in [0.3, 0.4) is 0 Å². The summed E-state index contributed by atoms with van der Waals surface area (Å²) < 4.78 is 40.3. The summed E-state index contributed by atoms with van der Waals surface area (Å²) in [6.45, 7) is 4.53. The number of rotatable bonds is 8. The Hall–Kier alpha value is -2.20. The van der Waals surface area contributed by atoms with Crippen LogP contribution in [0.1, 0.15) is 63.0 Å². The quantitative estimate of drug-likeness (QED) is 0.541. The molecule has 198 valence electrons. The van der Waals surface area contributed by atoms with Crippen LogP contribution in [0.5, 0.6) is 0 Å². The van der Waals surface area contributed by atoms with Crippen molar-refractivity contribution in [3.8, 4) is 0 Å². The van der Waals surface area contributed by atoms with Crippen molar-refractivity contribution in [1.29, 1.82) is 0 Å². The van der Waals surface area contributed by atoms with Gasteiger partial charge in [-0.15, -0.1) is 0 Å². The highest BCUT2D eigenvalue weighted by Crippen LogP contribution is 2.37. The number of benzene rings is 1. The molecule has 0 aromatic heterocycles. The molecule has 1 aromatic carbocycles. The van der Waals surface area contributed by atoms with Crippen LogP contribution >= 0.6 is 0 Å². The molecule has 0 radical (unpaired) electrons. The van der Waals surface area contributed by atoms with E-state index in [-0.39, 0.29) is 30.1 Å². The van der Waals surface area contributed by atoms with Crippen molar-refractivity contribution in [2.75, 3.05) is 24.2 Å². The Bertz CT molecular complexity index is 1030. The Kier molecular flexibility index (Phi) is 8.55. The van der Waals surface area contributed by atoms with Crippen LogP contribution in [-0.2, 0) is 27.0 Å². The number of carbonyl (C=O) groups excluding carboxylic acids is 2. The maximum atomic E-state index is 13.0. The molecule has 2 heterocycles. The number of hydrogen-bond donors (Lipinski definition) is 2. The topological polar surface area (TPSA) is 90.9 Å². The molecule has 36 heavy (non-hydrogen) atoms. The number of carbonyl (C=O) groups is 2. The van der Waals surface area contributed by atoms with E-state index in [2.05, 4.69) is 10.6 Å².